The van der Waals surface area contributed by atoms with Crippen LogP contribution in [0.15, 0.2) is 18.2 Å². The number of para-hydroxylation sites is 1. The maximum Gasteiger partial charge on any atom is 0.0741 e. The molecular weight excluding hydrogens is 260 g/mol. The number of aliphatic hydroxyl groups excluding tert-OH is 1. The van der Waals surface area contributed by atoms with Crippen LogP contribution in [0, 0.1) is 5.92 Å². The van der Waals surface area contributed by atoms with Gasteiger partial charge < -0.3 is 15.3 Å². The van der Waals surface area contributed by atoms with Crippen molar-refractivity contribution in [2.75, 3.05) is 24.5 Å². The Balaban J connectivity index is 2.22. The number of β-amino-alcohol motifs (C(OH)–C–C–N with tert-alkyl or cyclic N) is 1. The predicted molar refractivity (Wildman–Crippen MR) is 80.8 cm³/mol. The molecule has 19 heavy (non-hydrogen) atoms. The summed E-state index contributed by atoms with van der Waals surface area (Å²) >= 11 is 6.37. The normalized spacial score (nSPS) is 23.7. The van der Waals surface area contributed by atoms with Crippen LogP contribution in [0.4, 0.5) is 5.69 Å². The third kappa shape index (κ3) is 3.41. The molecule has 0 bridgehead atoms. The maximum atomic E-state index is 10.1. The Morgan fingerprint density at radius 2 is 2.26 bits per heavy atom. The van der Waals surface area contributed by atoms with Gasteiger partial charge in [-0.2, -0.15) is 0 Å². The number of anilines is 1. The van der Waals surface area contributed by atoms with Gasteiger partial charge >= 0.3 is 0 Å². The Labute approximate surface area is 120 Å². The van der Waals surface area contributed by atoms with Gasteiger partial charge in [0, 0.05) is 19.6 Å². The topological polar surface area (TPSA) is 35.5 Å². The van der Waals surface area contributed by atoms with E-state index in [4.69, 9.17) is 11.6 Å². The molecule has 1 aliphatic heterocycles. The summed E-state index contributed by atoms with van der Waals surface area (Å²) in [6.45, 7) is 7.58. The van der Waals surface area contributed by atoms with Crippen LogP contribution >= 0.6 is 11.6 Å². The third-order valence-electron chi connectivity index (χ3n) is 3.87. The molecule has 3 nitrogen and oxygen atoms in total. The highest BCUT2D eigenvalue weighted by Gasteiger charge is 2.26. The van der Waals surface area contributed by atoms with Crippen LogP contribution in [0.3, 0.4) is 0 Å². The van der Waals surface area contributed by atoms with Crippen molar-refractivity contribution in [3.8, 4) is 0 Å². The lowest BCUT2D eigenvalue weighted by Crippen LogP contribution is -2.43. The average Bonchev–Trinajstić information content (AvgIpc) is 2.40. The van der Waals surface area contributed by atoms with Gasteiger partial charge in [0.15, 0.2) is 0 Å². The molecule has 0 aliphatic carbocycles. The molecular formula is C15H23ClN2O. The van der Waals surface area contributed by atoms with Gasteiger partial charge in [-0.05, 0) is 30.5 Å². The summed E-state index contributed by atoms with van der Waals surface area (Å²) in [6.07, 6.45) is 0.740. The summed E-state index contributed by atoms with van der Waals surface area (Å²) in [4.78, 5) is 2.22. The molecule has 2 N–H and O–H groups in total. The first kappa shape index (κ1) is 14.6. The van der Waals surface area contributed by atoms with Gasteiger partial charge in [0.25, 0.3) is 0 Å². The Morgan fingerprint density at radius 1 is 1.47 bits per heavy atom. The molecule has 0 spiro atoms. The number of piperidine rings is 1. The first-order valence-electron chi connectivity index (χ1n) is 7.04. The van der Waals surface area contributed by atoms with E-state index in [9.17, 15) is 5.11 Å². The van der Waals surface area contributed by atoms with Gasteiger partial charge in [-0.25, -0.2) is 0 Å². The average molecular weight is 283 g/mol. The van der Waals surface area contributed by atoms with E-state index in [1.165, 1.54) is 5.56 Å². The van der Waals surface area contributed by atoms with Crippen molar-refractivity contribution in [1.29, 1.82) is 0 Å². The van der Waals surface area contributed by atoms with Crippen molar-refractivity contribution in [3.05, 3.63) is 28.8 Å². The number of hydrogen-bond donors (Lipinski definition) is 2. The molecule has 0 radical (unpaired) electrons. The van der Waals surface area contributed by atoms with Crippen LogP contribution in [-0.4, -0.2) is 30.8 Å². The number of benzene rings is 1. The lowest BCUT2D eigenvalue weighted by atomic mass is 9.95. The van der Waals surface area contributed by atoms with E-state index in [1.807, 2.05) is 12.1 Å². The minimum atomic E-state index is -0.267. The largest absolute Gasteiger partial charge is 0.391 e. The van der Waals surface area contributed by atoms with E-state index in [0.29, 0.717) is 12.5 Å². The number of rotatable bonds is 4. The van der Waals surface area contributed by atoms with Crippen molar-refractivity contribution in [2.24, 2.45) is 5.92 Å². The van der Waals surface area contributed by atoms with Gasteiger partial charge in [0.05, 0.1) is 16.8 Å². The van der Waals surface area contributed by atoms with Gasteiger partial charge in [-0.15, -0.1) is 0 Å². The SMILES string of the molecule is CCNCc1cccc(Cl)c1N1CCC(C)C(O)C1. The van der Waals surface area contributed by atoms with Gasteiger partial charge in [0.1, 0.15) is 0 Å². The van der Waals surface area contributed by atoms with Gasteiger partial charge in [0.2, 0.25) is 0 Å². The molecule has 2 rings (SSSR count). The van der Waals surface area contributed by atoms with E-state index >= 15 is 0 Å². The molecule has 1 aliphatic rings. The highest BCUT2D eigenvalue weighted by atomic mass is 35.5. The van der Waals surface area contributed by atoms with E-state index in [0.717, 1.165) is 36.8 Å². The highest BCUT2D eigenvalue weighted by Crippen LogP contribution is 2.33. The van der Waals surface area contributed by atoms with Crippen molar-refractivity contribution in [2.45, 2.75) is 32.9 Å². The quantitative estimate of drug-likeness (QED) is 0.891. The Kier molecular flexibility index (Phi) is 5.08. The number of nitrogens with one attached hydrogen (secondary N) is 1. The summed E-state index contributed by atoms with van der Waals surface area (Å²) in [5.74, 6) is 0.371. The van der Waals surface area contributed by atoms with Gasteiger partial charge in [-0.3, -0.25) is 0 Å². The zero-order valence-electron chi connectivity index (χ0n) is 11.7. The van der Waals surface area contributed by atoms with Crippen molar-refractivity contribution < 1.29 is 5.11 Å². The summed E-state index contributed by atoms with van der Waals surface area (Å²) in [6, 6.07) is 6.02. The Morgan fingerprint density at radius 3 is 2.95 bits per heavy atom. The van der Waals surface area contributed by atoms with E-state index in [1.54, 1.807) is 0 Å². The zero-order chi connectivity index (χ0) is 13.8. The smallest absolute Gasteiger partial charge is 0.0741 e. The fraction of sp³-hybridized carbons (Fsp3) is 0.600. The molecule has 0 amide bonds. The molecule has 1 aromatic rings. The van der Waals surface area contributed by atoms with Crippen molar-refractivity contribution >= 4 is 17.3 Å². The number of aliphatic hydroxyl groups is 1. The first-order chi connectivity index (χ1) is 9.13. The fourth-order valence-electron chi connectivity index (χ4n) is 2.57. The van der Waals surface area contributed by atoms with Crippen LogP contribution in [0.2, 0.25) is 5.02 Å². The molecule has 1 heterocycles. The molecule has 2 atom stereocenters. The number of nitrogens with zero attached hydrogens (tertiary/aromatic N) is 1. The molecule has 2 unspecified atom stereocenters. The lowest BCUT2D eigenvalue weighted by molar-refractivity contribution is 0.103. The third-order valence-corrected chi connectivity index (χ3v) is 4.18. The summed E-state index contributed by atoms with van der Waals surface area (Å²) in [7, 11) is 0. The lowest BCUT2D eigenvalue weighted by Gasteiger charge is -2.37. The summed E-state index contributed by atoms with van der Waals surface area (Å²) in [5.41, 5.74) is 2.28. The van der Waals surface area contributed by atoms with Gasteiger partial charge in [-0.1, -0.05) is 37.6 Å². The second-order valence-electron chi connectivity index (χ2n) is 5.31. The second kappa shape index (κ2) is 6.60. The number of hydrogen-bond acceptors (Lipinski definition) is 3. The standard InChI is InChI=1S/C15H23ClN2O/c1-3-17-9-12-5-4-6-13(16)15(12)18-8-7-11(2)14(19)10-18/h4-6,11,14,17,19H,3,7-10H2,1-2H3. The minimum Gasteiger partial charge on any atom is -0.391 e. The van der Waals surface area contributed by atoms with Crippen molar-refractivity contribution in [1.82, 2.24) is 5.32 Å². The maximum absolute atomic E-state index is 10.1. The molecule has 0 aromatic heterocycles. The number of halogens is 1. The second-order valence-corrected chi connectivity index (χ2v) is 5.71. The molecule has 4 heteroatoms. The Bertz CT molecular complexity index is 425. The van der Waals surface area contributed by atoms with E-state index < -0.39 is 0 Å². The van der Waals surface area contributed by atoms with Crippen LogP contribution in [0.5, 0.6) is 0 Å². The zero-order valence-corrected chi connectivity index (χ0v) is 12.5. The molecule has 0 saturated carbocycles. The first-order valence-corrected chi connectivity index (χ1v) is 7.42. The minimum absolute atomic E-state index is 0.267. The summed E-state index contributed by atoms with van der Waals surface area (Å²) in [5, 5.41) is 14.2. The molecule has 106 valence electrons. The fourth-order valence-corrected chi connectivity index (χ4v) is 2.88. The van der Waals surface area contributed by atoms with Crippen LogP contribution < -0.4 is 10.2 Å². The Hall–Kier alpha value is -0.770. The van der Waals surface area contributed by atoms with E-state index in [-0.39, 0.29) is 6.10 Å². The van der Waals surface area contributed by atoms with Crippen LogP contribution in [-0.2, 0) is 6.54 Å². The van der Waals surface area contributed by atoms with E-state index in [2.05, 4.69) is 30.1 Å². The van der Waals surface area contributed by atoms with Crippen LogP contribution in [0.1, 0.15) is 25.8 Å². The predicted octanol–water partition coefficient (Wildman–Crippen LogP) is 2.66. The molecule has 1 aromatic carbocycles. The van der Waals surface area contributed by atoms with Crippen LogP contribution in [0.25, 0.3) is 0 Å². The molecule has 1 fully saturated rings. The molecule has 1 saturated heterocycles. The van der Waals surface area contributed by atoms with Crippen molar-refractivity contribution in [3.63, 3.8) is 0 Å². The highest BCUT2D eigenvalue weighted by molar-refractivity contribution is 6.33. The monoisotopic (exact) mass is 282 g/mol. The summed E-state index contributed by atoms with van der Waals surface area (Å²) < 4.78 is 0.